The number of hydrogen-bond donors (Lipinski definition) is 1. The number of benzene rings is 2. The molecule has 5 heteroatoms. The highest BCUT2D eigenvalue weighted by molar-refractivity contribution is 6.04. The molecule has 1 unspecified atom stereocenters. The summed E-state index contributed by atoms with van der Waals surface area (Å²) in [7, 11) is 0. The van der Waals surface area contributed by atoms with Gasteiger partial charge in [0, 0.05) is 5.92 Å². The molecule has 2 aromatic carbocycles. The van der Waals surface area contributed by atoms with Crippen molar-refractivity contribution in [2.75, 3.05) is 0 Å². The van der Waals surface area contributed by atoms with Crippen molar-refractivity contribution in [2.24, 2.45) is 0 Å². The van der Waals surface area contributed by atoms with Gasteiger partial charge in [0.1, 0.15) is 5.75 Å². The van der Waals surface area contributed by atoms with Crippen LogP contribution in [0.15, 0.2) is 36.4 Å². The van der Waals surface area contributed by atoms with Crippen LogP contribution in [-0.2, 0) is 0 Å². The van der Waals surface area contributed by atoms with Crippen LogP contribution >= 0.6 is 0 Å². The molecule has 1 N–H and O–H groups in total. The van der Waals surface area contributed by atoms with E-state index in [0.29, 0.717) is 22.8 Å². The van der Waals surface area contributed by atoms with Crippen LogP contribution in [0.4, 0.5) is 0 Å². The van der Waals surface area contributed by atoms with E-state index in [0.717, 1.165) is 5.56 Å². The van der Waals surface area contributed by atoms with Gasteiger partial charge in [-0.05, 0) is 71.4 Å². The fourth-order valence-electron chi connectivity index (χ4n) is 2.93. The molecule has 0 spiro atoms. The highest BCUT2D eigenvalue weighted by atomic mass is 16.6. The molecule has 0 amide bonds. The molecule has 0 aromatic heterocycles. The first-order valence-corrected chi connectivity index (χ1v) is 10.1. The number of phenols is 1. The van der Waals surface area contributed by atoms with Crippen LogP contribution in [0.1, 0.15) is 70.3 Å². The predicted octanol–water partition coefficient (Wildman–Crippen LogP) is 5.74. The van der Waals surface area contributed by atoms with Crippen molar-refractivity contribution < 1.29 is 24.1 Å². The quantitative estimate of drug-likeness (QED) is 0.544. The van der Waals surface area contributed by atoms with Crippen LogP contribution in [0.3, 0.4) is 0 Å². The summed E-state index contributed by atoms with van der Waals surface area (Å²) < 4.78 is 18.0. The van der Waals surface area contributed by atoms with E-state index in [4.69, 9.17) is 14.2 Å². The second-order valence-electron chi connectivity index (χ2n) is 7.95. The standard InChI is InChI=1S/C24H32O5/c1-14(2)27-21-13-12-20(23(28-15(3)4)24(21)29-16(5)6)22(26)17(7)18-8-10-19(25)11-9-18/h8-17,25H,1-7H3. The molecule has 158 valence electrons. The smallest absolute Gasteiger partial charge is 0.204 e. The van der Waals surface area contributed by atoms with Gasteiger partial charge in [-0.15, -0.1) is 0 Å². The third-order valence-corrected chi connectivity index (χ3v) is 4.20. The van der Waals surface area contributed by atoms with E-state index in [1.54, 1.807) is 36.4 Å². The Balaban J connectivity index is 2.56. The molecule has 0 aliphatic heterocycles. The number of ketones is 1. The van der Waals surface area contributed by atoms with Crippen LogP contribution in [0.5, 0.6) is 23.0 Å². The highest BCUT2D eigenvalue weighted by Gasteiger charge is 2.27. The lowest BCUT2D eigenvalue weighted by molar-refractivity contribution is 0.0957. The minimum atomic E-state index is -0.408. The number of hydrogen-bond acceptors (Lipinski definition) is 5. The molecule has 0 fully saturated rings. The highest BCUT2D eigenvalue weighted by Crippen LogP contribution is 2.43. The number of aromatic hydroxyl groups is 1. The van der Waals surface area contributed by atoms with E-state index >= 15 is 0 Å². The van der Waals surface area contributed by atoms with Gasteiger partial charge in [-0.25, -0.2) is 0 Å². The summed E-state index contributed by atoms with van der Waals surface area (Å²) in [6, 6.07) is 10.2. The number of rotatable bonds is 9. The fraction of sp³-hybridized carbons (Fsp3) is 0.458. The Bertz CT molecular complexity index is 822. The Morgan fingerprint density at radius 1 is 0.724 bits per heavy atom. The van der Waals surface area contributed by atoms with Gasteiger partial charge >= 0.3 is 0 Å². The van der Waals surface area contributed by atoms with Crippen molar-refractivity contribution >= 4 is 5.78 Å². The summed E-state index contributed by atoms with van der Waals surface area (Å²) in [5.41, 5.74) is 1.27. The molecular weight excluding hydrogens is 368 g/mol. The van der Waals surface area contributed by atoms with Gasteiger partial charge in [-0.2, -0.15) is 0 Å². The summed E-state index contributed by atoms with van der Waals surface area (Å²) in [6.07, 6.45) is -0.304. The van der Waals surface area contributed by atoms with Crippen LogP contribution in [0.2, 0.25) is 0 Å². The van der Waals surface area contributed by atoms with Crippen molar-refractivity contribution in [3.8, 4) is 23.0 Å². The summed E-state index contributed by atoms with van der Waals surface area (Å²) in [6.45, 7) is 13.4. The van der Waals surface area contributed by atoms with Gasteiger partial charge in [-0.1, -0.05) is 19.1 Å². The lowest BCUT2D eigenvalue weighted by Gasteiger charge is -2.24. The molecule has 0 aliphatic carbocycles. The first kappa shape index (κ1) is 22.6. The van der Waals surface area contributed by atoms with Crippen molar-refractivity contribution in [3.05, 3.63) is 47.5 Å². The van der Waals surface area contributed by atoms with Gasteiger partial charge < -0.3 is 19.3 Å². The van der Waals surface area contributed by atoms with E-state index in [1.165, 1.54) is 0 Å². The molecular formula is C24H32O5. The van der Waals surface area contributed by atoms with E-state index in [9.17, 15) is 9.90 Å². The van der Waals surface area contributed by atoms with E-state index in [-0.39, 0.29) is 29.8 Å². The lowest BCUT2D eigenvalue weighted by Crippen LogP contribution is -2.18. The molecule has 5 nitrogen and oxygen atoms in total. The number of Topliss-reactive ketones (excluding diaryl/α,β-unsaturated/α-hetero) is 1. The Labute approximate surface area is 173 Å². The van der Waals surface area contributed by atoms with Gasteiger partial charge in [0.2, 0.25) is 5.75 Å². The lowest BCUT2D eigenvalue weighted by atomic mass is 9.91. The topological polar surface area (TPSA) is 65.0 Å². The number of phenolic OH excluding ortho intramolecular Hbond substituents is 1. The van der Waals surface area contributed by atoms with Crippen LogP contribution in [0, 0.1) is 0 Å². The van der Waals surface area contributed by atoms with Crippen LogP contribution in [-0.4, -0.2) is 29.2 Å². The molecule has 2 aromatic rings. The SMILES string of the molecule is CC(C)Oc1ccc(C(=O)C(C)c2ccc(O)cc2)c(OC(C)C)c1OC(C)C. The van der Waals surface area contributed by atoms with Crippen LogP contribution in [0.25, 0.3) is 0 Å². The van der Waals surface area contributed by atoms with Crippen molar-refractivity contribution in [3.63, 3.8) is 0 Å². The minimum Gasteiger partial charge on any atom is -0.508 e. The molecule has 1 atom stereocenters. The fourth-order valence-corrected chi connectivity index (χ4v) is 2.93. The predicted molar refractivity (Wildman–Crippen MR) is 115 cm³/mol. The first-order chi connectivity index (χ1) is 13.6. The summed E-state index contributed by atoms with van der Waals surface area (Å²) >= 11 is 0. The minimum absolute atomic E-state index is 0.0473. The molecule has 0 aliphatic rings. The number of carbonyl (C=O) groups is 1. The normalized spacial score (nSPS) is 12.3. The molecule has 0 radical (unpaired) electrons. The summed E-state index contributed by atoms with van der Waals surface area (Å²) in [4.78, 5) is 13.4. The first-order valence-electron chi connectivity index (χ1n) is 10.1. The zero-order valence-corrected chi connectivity index (χ0v) is 18.4. The molecule has 0 heterocycles. The average Bonchev–Trinajstić information content (AvgIpc) is 2.63. The molecule has 0 saturated heterocycles. The van der Waals surface area contributed by atoms with Crippen molar-refractivity contribution in [1.82, 2.24) is 0 Å². The van der Waals surface area contributed by atoms with Gasteiger partial charge in [0.25, 0.3) is 0 Å². The number of carbonyl (C=O) groups excluding carboxylic acids is 1. The van der Waals surface area contributed by atoms with Crippen molar-refractivity contribution in [2.45, 2.75) is 72.7 Å². The van der Waals surface area contributed by atoms with Crippen LogP contribution < -0.4 is 14.2 Å². The van der Waals surface area contributed by atoms with Gasteiger partial charge in [-0.3, -0.25) is 4.79 Å². The maximum Gasteiger partial charge on any atom is 0.204 e. The van der Waals surface area contributed by atoms with E-state index in [1.807, 2.05) is 48.5 Å². The van der Waals surface area contributed by atoms with E-state index < -0.39 is 5.92 Å². The van der Waals surface area contributed by atoms with E-state index in [2.05, 4.69) is 0 Å². The second kappa shape index (κ2) is 9.68. The third-order valence-electron chi connectivity index (χ3n) is 4.20. The zero-order chi connectivity index (χ0) is 21.7. The number of ether oxygens (including phenoxy) is 3. The third kappa shape index (κ3) is 5.89. The largest absolute Gasteiger partial charge is 0.508 e. The van der Waals surface area contributed by atoms with Gasteiger partial charge in [0.05, 0.1) is 23.9 Å². The average molecular weight is 401 g/mol. The summed E-state index contributed by atoms with van der Waals surface area (Å²) in [5.74, 6) is 1.08. The van der Waals surface area contributed by atoms with Gasteiger partial charge in [0.15, 0.2) is 17.3 Å². The Kier molecular flexibility index (Phi) is 7.54. The van der Waals surface area contributed by atoms with Crippen molar-refractivity contribution in [1.29, 1.82) is 0 Å². The molecule has 0 saturated carbocycles. The summed E-state index contributed by atoms with van der Waals surface area (Å²) in [5, 5.41) is 9.52. The maximum absolute atomic E-state index is 13.4. The molecule has 29 heavy (non-hydrogen) atoms. The maximum atomic E-state index is 13.4. The Hall–Kier alpha value is -2.69. The molecule has 0 bridgehead atoms. The molecule has 2 rings (SSSR count). The Morgan fingerprint density at radius 3 is 1.76 bits per heavy atom. The monoisotopic (exact) mass is 400 g/mol. The zero-order valence-electron chi connectivity index (χ0n) is 18.4. The second-order valence-corrected chi connectivity index (χ2v) is 7.95. The Morgan fingerprint density at radius 2 is 1.24 bits per heavy atom.